The Bertz CT molecular complexity index is 680. The fourth-order valence-corrected chi connectivity index (χ4v) is 7.79. The third kappa shape index (κ3) is 1.65. The van der Waals surface area contributed by atoms with Crippen molar-refractivity contribution in [2.24, 2.45) is 40.4 Å². The molecule has 0 amide bonds. The van der Waals surface area contributed by atoms with Crippen molar-refractivity contribution < 1.29 is 4.79 Å². The molecule has 6 atom stereocenters. The lowest BCUT2D eigenvalue weighted by atomic mass is 9.49. The zero-order valence-corrected chi connectivity index (χ0v) is 15.8. The number of rotatable bonds is 1. The summed E-state index contributed by atoms with van der Waals surface area (Å²) in [4.78, 5) is 12.3. The van der Waals surface area contributed by atoms with Crippen LogP contribution in [0.1, 0.15) is 72.6 Å². The molecular formula is C23H32O. The quantitative estimate of drug-likeness (QED) is 0.565. The monoisotopic (exact) mass is 324 g/mol. The molecule has 24 heavy (non-hydrogen) atoms. The zero-order valence-electron chi connectivity index (χ0n) is 15.8. The molecule has 0 aromatic rings. The van der Waals surface area contributed by atoms with Gasteiger partial charge in [-0.2, -0.15) is 0 Å². The van der Waals surface area contributed by atoms with E-state index in [1.165, 1.54) is 31.3 Å². The van der Waals surface area contributed by atoms with Gasteiger partial charge in [-0.25, -0.2) is 0 Å². The van der Waals surface area contributed by atoms with Crippen LogP contribution in [0.15, 0.2) is 22.8 Å². The van der Waals surface area contributed by atoms with E-state index in [-0.39, 0.29) is 0 Å². The van der Waals surface area contributed by atoms with Gasteiger partial charge < -0.3 is 0 Å². The topological polar surface area (TPSA) is 17.1 Å². The van der Waals surface area contributed by atoms with Crippen molar-refractivity contribution in [3.63, 3.8) is 0 Å². The van der Waals surface area contributed by atoms with Crippen molar-refractivity contribution in [1.82, 2.24) is 0 Å². The van der Waals surface area contributed by atoms with E-state index in [1.54, 1.807) is 5.57 Å². The van der Waals surface area contributed by atoms with Gasteiger partial charge in [0, 0.05) is 6.42 Å². The summed E-state index contributed by atoms with van der Waals surface area (Å²) < 4.78 is 0. The number of hydrogen-bond acceptors (Lipinski definition) is 1. The fraction of sp³-hybridized carbons (Fsp3) is 0.783. The molecule has 5 aliphatic carbocycles. The first-order valence-corrected chi connectivity index (χ1v) is 10.4. The molecule has 2 fully saturated rings. The number of carbonyl (C=O) groups is 1. The maximum absolute atomic E-state index is 12.3. The van der Waals surface area contributed by atoms with Crippen LogP contribution in [0.5, 0.6) is 0 Å². The van der Waals surface area contributed by atoms with Gasteiger partial charge >= 0.3 is 0 Å². The third-order valence-corrected chi connectivity index (χ3v) is 9.12. The van der Waals surface area contributed by atoms with Crippen molar-refractivity contribution in [1.29, 1.82) is 0 Å². The summed E-state index contributed by atoms with van der Waals surface area (Å²) in [6.45, 7) is 9.97. The van der Waals surface area contributed by atoms with Crippen LogP contribution in [0.25, 0.3) is 0 Å². The average Bonchev–Trinajstić information content (AvgIpc) is 3.13. The minimum absolute atomic E-state index is 0.354. The molecule has 1 spiro atoms. The Morgan fingerprint density at radius 1 is 1.21 bits per heavy atom. The van der Waals surface area contributed by atoms with E-state index in [1.807, 2.05) is 5.57 Å². The van der Waals surface area contributed by atoms with Gasteiger partial charge in [-0.05, 0) is 84.5 Å². The summed E-state index contributed by atoms with van der Waals surface area (Å²) in [5.41, 5.74) is 5.58. The van der Waals surface area contributed by atoms with E-state index in [4.69, 9.17) is 0 Å². The number of fused-ring (bicyclic) bond motifs is 3. The number of hydrogen-bond donors (Lipinski definition) is 0. The summed E-state index contributed by atoms with van der Waals surface area (Å²) >= 11 is 0. The molecule has 6 unspecified atom stereocenters. The van der Waals surface area contributed by atoms with Gasteiger partial charge in [-0.3, -0.25) is 4.79 Å². The Hall–Kier alpha value is -0.850. The lowest BCUT2D eigenvalue weighted by Crippen LogP contribution is -2.46. The molecule has 0 bridgehead atoms. The van der Waals surface area contributed by atoms with Crippen molar-refractivity contribution >= 4 is 5.78 Å². The number of allylic oxidation sites excluding steroid dienone is 4. The van der Waals surface area contributed by atoms with Crippen LogP contribution in [0.3, 0.4) is 0 Å². The van der Waals surface area contributed by atoms with Crippen molar-refractivity contribution in [3.05, 3.63) is 22.8 Å². The van der Waals surface area contributed by atoms with Crippen molar-refractivity contribution in [2.75, 3.05) is 0 Å². The second kappa shape index (κ2) is 4.65. The first-order valence-electron chi connectivity index (χ1n) is 10.4. The van der Waals surface area contributed by atoms with Gasteiger partial charge in [0.25, 0.3) is 0 Å². The Kier molecular flexibility index (Phi) is 2.99. The Morgan fingerprint density at radius 3 is 2.75 bits per heavy atom. The molecule has 0 aromatic heterocycles. The number of ketones is 1. The van der Waals surface area contributed by atoms with Gasteiger partial charge in [0.1, 0.15) is 0 Å². The second-order valence-electron chi connectivity index (χ2n) is 10.1. The van der Waals surface area contributed by atoms with Crippen LogP contribution >= 0.6 is 0 Å². The van der Waals surface area contributed by atoms with E-state index < -0.39 is 0 Å². The Balaban J connectivity index is 1.59. The molecule has 2 saturated carbocycles. The molecule has 130 valence electrons. The molecular weight excluding hydrogens is 292 g/mol. The number of carbonyl (C=O) groups excluding carboxylic acids is 1. The average molecular weight is 325 g/mol. The van der Waals surface area contributed by atoms with Crippen LogP contribution in [0, 0.1) is 40.4 Å². The summed E-state index contributed by atoms with van der Waals surface area (Å²) in [7, 11) is 0. The molecule has 0 aromatic carbocycles. The molecule has 0 aliphatic heterocycles. The van der Waals surface area contributed by atoms with E-state index in [0.29, 0.717) is 22.5 Å². The predicted molar refractivity (Wildman–Crippen MR) is 97.4 cm³/mol. The van der Waals surface area contributed by atoms with Gasteiger partial charge in [0.05, 0.1) is 0 Å². The SMILES string of the molecule is CC(C)C1CC=C2C3(C)CCC4=C(CCC4=O)C3CC3CC23C1C. The molecule has 0 heterocycles. The maximum atomic E-state index is 12.3. The fourth-order valence-electron chi connectivity index (χ4n) is 7.79. The van der Waals surface area contributed by atoms with E-state index in [9.17, 15) is 4.79 Å². The van der Waals surface area contributed by atoms with E-state index in [0.717, 1.165) is 42.9 Å². The summed E-state index contributed by atoms with van der Waals surface area (Å²) in [6.07, 6.45) is 10.9. The smallest absolute Gasteiger partial charge is 0.159 e. The molecule has 5 rings (SSSR count). The third-order valence-electron chi connectivity index (χ3n) is 9.12. The molecule has 1 nitrogen and oxygen atoms in total. The van der Waals surface area contributed by atoms with Gasteiger partial charge in [-0.1, -0.05) is 44.9 Å². The molecule has 0 radical (unpaired) electrons. The van der Waals surface area contributed by atoms with Crippen LogP contribution in [-0.4, -0.2) is 5.78 Å². The van der Waals surface area contributed by atoms with Gasteiger partial charge in [-0.15, -0.1) is 0 Å². The standard InChI is InChI=1S/C23H32O/c1-13(2)16-6-8-21-22(4)10-9-18-17(5-7-20(18)24)19(22)11-15-12-23(15,21)14(16)3/h8,13-16,19H,5-7,9-12H2,1-4H3. The Morgan fingerprint density at radius 2 is 2.00 bits per heavy atom. The summed E-state index contributed by atoms with van der Waals surface area (Å²) in [5.74, 6) is 4.58. The highest BCUT2D eigenvalue weighted by molar-refractivity contribution is 5.99. The summed E-state index contributed by atoms with van der Waals surface area (Å²) in [5, 5.41) is 0. The molecule has 1 heteroatoms. The minimum atomic E-state index is 0.354. The van der Waals surface area contributed by atoms with Crippen LogP contribution in [0.2, 0.25) is 0 Å². The van der Waals surface area contributed by atoms with Gasteiger partial charge in [0.15, 0.2) is 5.78 Å². The lowest BCUT2D eigenvalue weighted by molar-refractivity contribution is -0.115. The largest absolute Gasteiger partial charge is 0.295 e. The van der Waals surface area contributed by atoms with Crippen LogP contribution < -0.4 is 0 Å². The van der Waals surface area contributed by atoms with Crippen molar-refractivity contribution in [2.45, 2.75) is 72.6 Å². The zero-order chi connectivity index (χ0) is 16.9. The molecule has 0 N–H and O–H groups in total. The van der Waals surface area contributed by atoms with E-state index in [2.05, 4.69) is 33.8 Å². The predicted octanol–water partition coefficient (Wildman–Crippen LogP) is 5.71. The highest BCUT2D eigenvalue weighted by Gasteiger charge is 2.70. The molecule has 0 saturated heterocycles. The van der Waals surface area contributed by atoms with Crippen LogP contribution in [0.4, 0.5) is 0 Å². The minimum Gasteiger partial charge on any atom is -0.295 e. The maximum Gasteiger partial charge on any atom is 0.159 e. The lowest BCUT2D eigenvalue weighted by Gasteiger charge is -2.55. The second-order valence-corrected chi connectivity index (χ2v) is 10.1. The summed E-state index contributed by atoms with van der Waals surface area (Å²) in [6, 6.07) is 0. The first kappa shape index (κ1) is 15.4. The highest BCUT2D eigenvalue weighted by Crippen LogP contribution is 2.78. The van der Waals surface area contributed by atoms with Crippen molar-refractivity contribution in [3.8, 4) is 0 Å². The molecule has 5 aliphatic rings. The Labute approximate surface area is 147 Å². The van der Waals surface area contributed by atoms with E-state index >= 15 is 0 Å². The highest BCUT2D eigenvalue weighted by atomic mass is 16.1. The first-order chi connectivity index (χ1) is 11.4. The number of Topliss-reactive ketones (excluding diaryl/α,β-unsaturated/α-hetero) is 1. The van der Waals surface area contributed by atoms with Gasteiger partial charge in [0.2, 0.25) is 0 Å². The normalized spacial score (nSPS) is 49.4. The van der Waals surface area contributed by atoms with Crippen LogP contribution in [-0.2, 0) is 4.79 Å².